The Labute approximate surface area is 198 Å². The largest absolute Gasteiger partial charge is 0.398 e. The van der Waals surface area contributed by atoms with Crippen LogP contribution in [0.4, 0.5) is 5.69 Å². The van der Waals surface area contributed by atoms with Crippen molar-refractivity contribution in [3.63, 3.8) is 0 Å². The molecule has 6 heteroatoms. The number of halogens is 2. The van der Waals surface area contributed by atoms with Crippen molar-refractivity contribution in [2.75, 3.05) is 5.73 Å². The van der Waals surface area contributed by atoms with Crippen LogP contribution in [0.1, 0.15) is 47.0 Å². The summed E-state index contributed by atoms with van der Waals surface area (Å²) in [6.45, 7) is 6.33. The lowest BCUT2D eigenvalue weighted by Crippen LogP contribution is -1.96. The van der Waals surface area contributed by atoms with E-state index in [-0.39, 0.29) is 0 Å². The second-order valence-electron chi connectivity index (χ2n) is 7.55. The van der Waals surface area contributed by atoms with Crippen molar-refractivity contribution in [2.45, 2.75) is 44.3 Å². The molecule has 2 aromatic carbocycles. The highest BCUT2D eigenvalue weighted by Crippen LogP contribution is 2.32. The van der Waals surface area contributed by atoms with Gasteiger partial charge in [-0.2, -0.15) is 0 Å². The SMILES string of the molecule is CCCc1c(C)[nH]c(/C=C(\C=O)c2cc(SCc3cc(Cl)cc(Cl)c3)ccc2N)c1C. The van der Waals surface area contributed by atoms with E-state index in [2.05, 4.69) is 25.8 Å². The van der Waals surface area contributed by atoms with Crippen LogP contribution < -0.4 is 5.73 Å². The van der Waals surface area contributed by atoms with Gasteiger partial charge in [0.25, 0.3) is 0 Å². The Morgan fingerprint density at radius 3 is 2.48 bits per heavy atom. The molecular weight excluding hydrogens is 447 g/mol. The minimum Gasteiger partial charge on any atom is -0.398 e. The second kappa shape index (κ2) is 10.4. The molecule has 0 spiro atoms. The molecule has 0 saturated heterocycles. The third-order valence-electron chi connectivity index (χ3n) is 5.22. The zero-order chi connectivity index (χ0) is 22.5. The van der Waals surface area contributed by atoms with Gasteiger partial charge in [-0.3, -0.25) is 4.79 Å². The number of carbonyl (C=O) groups is 1. The molecule has 0 bridgehead atoms. The molecule has 3 aromatic rings. The van der Waals surface area contributed by atoms with Crippen molar-refractivity contribution < 1.29 is 4.79 Å². The van der Waals surface area contributed by atoms with E-state index in [0.29, 0.717) is 27.1 Å². The molecule has 31 heavy (non-hydrogen) atoms. The van der Waals surface area contributed by atoms with E-state index in [1.54, 1.807) is 17.8 Å². The van der Waals surface area contributed by atoms with Gasteiger partial charge in [0.1, 0.15) is 0 Å². The minimum atomic E-state index is 0.554. The Bertz CT molecular complexity index is 1110. The molecule has 3 rings (SSSR count). The first-order valence-electron chi connectivity index (χ1n) is 10.1. The molecule has 1 heterocycles. The average Bonchev–Trinajstić information content (AvgIpc) is 2.98. The van der Waals surface area contributed by atoms with E-state index < -0.39 is 0 Å². The van der Waals surface area contributed by atoms with E-state index in [0.717, 1.165) is 46.5 Å². The van der Waals surface area contributed by atoms with Crippen LogP contribution in [-0.4, -0.2) is 11.3 Å². The zero-order valence-corrected chi connectivity index (χ0v) is 20.2. The normalized spacial score (nSPS) is 11.7. The molecule has 0 radical (unpaired) electrons. The number of nitrogens with two attached hydrogens (primary N) is 1. The number of hydrogen-bond donors (Lipinski definition) is 2. The van der Waals surface area contributed by atoms with E-state index in [1.807, 2.05) is 36.4 Å². The lowest BCUT2D eigenvalue weighted by molar-refractivity contribution is -0.103. The lowest BCUT2D eigenvalue weighted by atomic mass is 10.0. The average molecular weight is 473 g/mol. The Kier molecular flexibility index (Phi) is 7.93. The highest BCUT2D eigenvalue weighted by Gasteiger charge is 2.13. The first-order chi connectivity index (χ1) is 14.8. The highest BCUT2D eigenvalue weighted by atomic mass is 35.5. The molecule has 3 nitrogen and oxygen atoms in total. The fourth-order valence-corrected chi connectivity index (χ4v) is 5.09. The van der Waals surface area contributed by atoms with Gasteiger partial charge in [0.15, 0.2) is 6.29 Å². The molecule has 0 aliphatic rings. The Hall–Kier alpha value is -2.14. The number of anilines is 1. The maximum atomic E-state index is 12.0. The zero-order valence-electron chi connectivity index (χ0n) is 17.9. The van der Waals surface area contributed by atoms with Crippen LogP contribution in [0.15, 0.2) is 41.3 Å². The van der Waals surface area contributed by atoms with Crippen LogP contribution in [0.3, 0.4) is 0 Å². The van der Waals surface area contributed by atoms with Crippen molar-refractivity contribution in [3.8, 4) is 0 Å². The number of aromatic amines is 1. The smallest absolute Gasteiger partial charge is 0.150 e. The summed E-state index contributed by atoms with van der Waals surface area (Å²) in [5.74, 6) is 0.707. The first kappa shape index (κ1) is 23.5. The van der Waals surface area contributed by atoms with Gasteiger partial charge >= 0.3 is 0 Å². The van der Waals surface area contributed by atoms with Gasteiger partial charge in [-0.25, -0.2) is 0 Å². The van der Waals surface area contributed by atoms with Crippen LogP contribution in [-0.2, 0) is 17.0 Å². The number of nitrogen functional groups attached to an aromatic ring is 1. The Morgan fingerprint density at radius 2 is 1.84 bits per heavy atom. The molecule has 0 fully saturated rings. The van der Waals surface area contributed by atoms with E-state index in [9.17, 15) is 4.79 Å². The summed E-state index contributed by atoms with van der Waals surface area (Å²) in [5, 5.41) is 1.23. The number of thioether (sulfide) groups is 1. The van der Waals surface area contributed by atoms with Gasteiger partial charge in [-0.1, -0.05) is 36.5 Å². The summed E-state index contributed by atoms with van der Waals surface area (Å²) in [4.78, 5) is 16.4. The van der Waals surface area contributed by atoms with Crippen LogP contribution in [0.25, 0.3) is 11.6 Å². The summed E-state index contributed by atoms with van der Waals surface area (Å²) in [6.07, 6.45) is 4.85. The number of hydrogen-bond acceptors (Lipinski definition) is 3. The molecule has 0 saturated carbocycles. The van der Waals surface area contributed by atoms with Crippen molar-refractivity contribution in [1.29, 1.82) is 0 Å². The number of rotatable bonds is 8. The van der Waals surface area contributed by atoms with Crippen molar-refractivity contribution >= 4 is 58.6 Å². The maximum Gasteiger partial charge on any atom is 0.150 e. The summed E-state index contributed by atoms with van der Waals surface area (Å²) in [6, 6.07) is 11.3. The van der Waals surface area contributed by atoms with Crippen LogP contribution in [0.5, 0.6) is 0 Å². The van der Waals surface area contributed by atoms with Crippen LogP contribution in [0.2, 0.25) is 10.0 Å². The van der Waals surface area contributed by atoms with Gasteiger partial charge in [-0.05, 0) is 79.4 Å². The lowest BCUT2D eigenvalue weighted by Gasteiger charge is -2.09. The van der Waals surface area contributed by atoms with E-state index in [4.69, 9.17) is 28.9 Å². The third-order valence-corrected chi connectivity index (χ3v) is 6.72. The molecule has 0 aliphatic heterocycles. The van der Waals surface area contributed by atoms with Gasteiger partial charge in [-0.15, -0.1) is 11.8 Å². The van der Waals surface area contributed by atoms with Crippen LogP contribution in [0, 0.1) is 13.8 Å². The van der Waals surface area contributed by atoms with Crippen molar-refractivity contribution in [3.05, 3.63) is 80.1 Å². The molecule has 0 unspecified atom stereocenters. The van der Waals surface area contributed by atoms with E-state index in [1.165, 1.54) is 11.1 Å². The number of nitrogens with one attached hydrogen (secondary N) is 1. The molecule has 0 aliphatic carbocycles. The topological polar surface area (TPSA) is 58.9 Å². The minimum absolute atomic E-state index is 0.554. The van der Waals surface area contributed by atoms with Gasteiger partial charge in [0.2, 0.25) is 0 Å². The molecule has 0 amide bonds. The highest BCUT2D eigenvalue weighted by molar-refractivity contribution is 7.98. The van der Waals surface area contributed by atoms with Crippen molar-refractivity contribution in [2.24, 2.45) is 0 Å². The molecule has 162 valence electrons. The van der Waals surface area contributed by atoms with Gasteiger partial charge in [0.05, 0.1) is 0 Å². The van der Waals surface area contributed by atoms with E-state index >= 15 is 0 Å². The third kappa shape index (κ3) is 5.76. The number of allylic oxidation sites excluding steroid dienone is 1. The van der Waals surface area contributed by atoms with Crippen LogP contribution >= 0.6 is 35.0 Å². The number of aryl methyl sites for hydroxylation is 1. The summed E-state index contributed by atoms with van der Waals surface area (Å²) in [5.41, 5.74) is 13.7. The molecule has 1 aromatic heterocycles. The fraction of sp³-hybridized carbons (Fsp3) is 0.240. The molecule has 3 N–H and O–H groups in total. The summed E-state index contributed by atoms with van der Waals surface area (Å²) in [7, 11) is 0. The predicted molar refractivity (Wildman–Crippen MR) is 135 cm³/mol. The predicted octanol–water partition coefficient (Wildman–Crippen LogP) is 7.50. The Morgan fingerprint density at radius 1 is 1.13 bits per heavy atom. The quantitative estimate of drug-likeness (QED) is 0.154. The summed E-state index contributed by atoms with van der Waals surface area (Å²) < 4.78 is 0. The van der Waals surface area contributed by atoms with Gasteiger partial charge < -0.3 is 10.7 Å². The monoisotopic (exact) mass is 472 g/mol. The number of aldehydes is 1. The molecular formula is C25H26Cl2N2OS. The van der Waals surface area contributed by atoms with Crippen molar-refractivity contribution in [1.82, 2.24) is 4.98 Å². The number of carbonyl (C=O) groups excluding carboxylic acids is 1. The number of aromatic nitrogens is 1. The second-order valence-corrected chi connectivity index (χ2v) is 9.47. The summed E-state index contributed by atoms with van der Waals surface area (Å²) >= 11 is 13.8. The standard InChI is InChI=1S/C25H26Cl2N2OS/c1-4-5-22-15(2)25(29-16(22)3)10-18(13-30)23-12-21(6-7-24(23)28)31-14-17-8-19(26)11-20(27)9-17/h6-13,29H,4-5,14,28H2,1-3H3/b18-10+. The first-order valence-corrected chi connectivity index (χ1v) is 11.9. The number of H-pyrrole nitrogens is 1. The maximum absolute atomic E-state index is 12.0. The Balaban J connectivity index is 1.89. The molecule has 0 atom stereocenters. The fourth-order valence-electron chi connectivity index (χ4n) is 3.65. The van der Waals surface area contributed by atoms with Gasteiger partial charge in [0, 0.05) is 48.9 Å². The number of benzene rings is 2.